The molecule has 138 valence electrons. The molecular formula is C21H21N3O3. The number of rotatable bonds is 7. The third-order valence-corrected chi connectivity index (χ3v) is 3.99. The van der Waals surface area contributed by atoms with Gasteiger partial charge in [0, 0.05) is 12.2 Å². The van der Waals surface area contributed by atoms with Crippen LogP contribution < -0.4 is 20.1 Å². The predicted molar refractivity (Wildman–Crippen MR) is 105 cm³/mol. The molecule has 0 bridgehead atoms. The van der Waals surface area contributed by atoms with Crippen LogP contribution in [0.2, 0.25) is 0 Å². The Morgan fingerprint density at radius 3 is 2.00 bits per heavy atom. The van der Waals surface area contributed by atoms with E-state index in [1.165, 1.54) is 0 Å². The fourth-order valence-electron chi connectivity index (χ4n) is 2.46. The number of hydrogen-bond donors (Lipinski definition) is 2. The zero-order chi connectivity index (χ0) is 19.1. The first-order chi connectivity index (χ1) is 13.2. The zero-order valence-corrected chi connectivity index (χ0v) is 15.2. The summed E-state index contributed by atoms with van der Waals surface area (Å²) >= 11 is 0. The van der Waals surface area contributed by atoms with E-state index in [-0.39, 0.29) is 5.91 Å². The van der Waals surface area contributed by atoms with Gasteiger partial charge in [0.15, 0.2) is 0 Å². The molecule has 27 heavy (non-hydrogen) atoms. The number of ether oxygens (including phenoxy) is 2. The Hall–Kier alpha value is -3.54. The highest BCUT2D eigenvalue weighted by atomic mass is 16.5. The van der Waals surface area contributed by atoms with Crippen molar-refractivity contribution in [2.75, 3.05) is 19.5 Å². The lowest BCUT2D eigenvalue weighted by molar-refractivity contribution is 0.0946. The summed E-state index contributed by atoms with van der Waals surface area (Å²) in [5, 5.41) is 6.09. The van der Waals surface area contributed by atoms with Crippen LogP contribution in [-0.2, 0) is 6.54 Å². The monoisotopic (exact) mass is 363 g/mol. The third kappa shape index (κ3) is 4.98. The molecule has 2 N–H and O–H groups in total. The molecule has 0 atom stereocenters. The summed E-state index contributed by atoms with van der Waals surface area (Å²) in [6, 6.07) is 18.6. The van der Waals surface area contributed by atoms with Gasteiger partial charge in [-0.05, 0) is 54.1 Å². The van der Waals surface area contributed by atoms with Crippen LogP contribution in [0.15, 0.2) is 66.9 Å². The first kappa shape index (κ1) is 18.3. The van der Waals surface area contributed by atoms with E-state index in [1.54, 1.807) is 26.5 Å². The van der Waals surface area contributed by atoms with Crippen molar-refractivity contribution in [2.24, 2.45) is 0 Å². The molecule has 0 radical (unpaired) electrons. The average Bonchev–Trinajstić information content (AvgIpc) is 2.73. The molecule has 0 aliphatic heterocycles. The van der Waals surface area contributed by atoms with Gasteiger partial charge in [-0.1, -0.05) is 12.1 Å². The van der Waals surface area contributed by atoms with Crippen LogP contribution >= 0.6 is 0 Å². The minimum atomic E-state index is -0.221. The lowest BCUT2D eigenvalue weighted by atomic mass is 10.2. The molecule has 1 amide bonds. The highest BCUT2D eigenvalue weighted by Crippen LogP contribution is 2.19. The maximum atomic E-state index is 12.2. The van der Waals surface area contributed by atoms with E-state index in [0.29, 0.717) is 12.2 Å². The van der Waals surface area contributed by atoms with E-state index in [1.807, 2.05) is 54.6 Å². The Morgan fingerprint density at radius 2 is 1.44 bits per heavy atom. The van der Waals surface area contributed by atoms with Crippen molar-refractivity contribution in [3.63, 3.8) is 0 Å². The van der Waals surface area contributed by atoms with Crippen molar-refractivity contribution in [2.45, 2.75) is 6.54 Å². The van der Waals surface area contributed by atoms with Crippen LogP contribution in [-0.4, -0.2) is 25.1 Å². The van der Waals surface area contributed by atoms with Gasteiger partial charge in [0.2, 0.25) is 0 Å². The highest BCUT2D eigenvalue weighted by Gasteiger charge is 2.07. The SMILES string of the molecule is COc1ccc(CNC(=O)c2ccc(Nc3ccc(OC)cc3)cn2)cc1. The number of nitrogens with one attached hydrogen (secondary N) is 2. The van der Waals surface area contributed by atoms with E-state index < -0.39 is 0 Å². The number of carbonyl (C=O) groups is 1. The number of hydrogen-bond acceptors (Lipinski definition) is 5. The quantitative estimate of drug-likeness (QED) is 0.668. The molecule has 0 aliphatic carbocycles. The van der Waals surface area contributed by atoms with Crippen molar-refractivity contribution >= 4 is 17.3 Å². The predicted octanol–water partition coefficient (Wildman–Crippen LogP) is 3.77. The summed E-state index contributed by atoms with van der Waals surface area (Å²) in [5.74, 6) is 1.36. The van der Waals surface area contributed by atoms with Gasteiger partial charge < -0.3 is 20.1 Å². The summed E-state index contributed by atoms with van der Waals surface area (Å²) < 4.78 is 10.3. The average molecular weight is 363 g/mol. The number of anilines is 2. The molecule has 1 aromatic heterocycles. The minimum Gasteiger partial charge on any atom is -0.497 e. The van der Waals surface area contributed by atoms with E-state index >= 15 is 0 Å². The largest absolute Gasteiger partial charge is 0.497 e. The topological polar surface area (TPSA) is 72.5 Å². The van der Waals surface area contributed by atoms with Crippen LogP contribution in [0.3, 0.4) is 0 Å². The Bertz CT molecular complexity index is 876. The van der Waals surface area contributed by atoms with Gasteiger partial charge in [-0.15, -0.1) is 0 Å². The van der Waals surface area contributed by atoms with Crippen LogP contribution in [0.1, 0.15) is 16.1 Å². The molecule has 0 aliphatic rings. The molecule has 6 heteroatoms. The first-order valence-electron chi connectivity index (χ1n) is 8.46. The third-order valence-electron chi connectivity index (χ3n) is 3.99. The number of nitrogens with zero attached hydrogens (tertiary/aromatic N) is 1. The van der Waals surface area contributed by atoms with Gasteiger partial charge in [-0.25, -0.2) is 4.98 Å². The molecule has 6 nitrogen and oxygen atoms in total. The van der Waals surface area contributed by atoms with Gasteiger partial charge >= 0.3 is 0 Å². The van der Waals surface area contributed by atoms with Crippen molar-refractivity contribution in [1.29, 1.82) is 0 Å². The number of aromatic nitrogens is 1. The number of carbonyl (C=O) groups excluding carboxylic acids is 1. The van der Waals surface area contributed by atoms with E-state index in [4.69, 9.17) is 9.47 Å². The molecule has 0 fully saturated rings. The van der Waals surface area contributed by atoms with E-state index in [2.05, 4.69) is 15.6 Å². The smallest absolute Gasteiger partial charge is 0.270 e. The second-order valence-electron chi connectivity index (χ2n) is 5.82. The minimum absolute atomic E-state index is 0.221. The number of benzene rings is 2. The molecule has 1 heterocycles. The van der Waals surface area contributed by atoms with Crippen molar-refractivity contribution in [3.8, 4) is 11.5 Å². The van der Waals surface area contributed by atoms with Crippen LogP contribution in [0, 0.1) is 0 Å². The lowest BCUT2D eigenvalue weighted by Crippen LogP contribution is -2.23. The molecule has 0 saturated carbocycles. The molecule has 0 spiro atoms. The second-order valence-corrected chi connectivity index (χ2v) is 5.82. The Labute approximate surface area is 158 Å². The van der Waals surface area contributed by atoms with E-state index in [9.17, 15) is 4.79 Å². The summed E-state index contributed by atoms with van der Waals surface area (Å²) in [6.07, 6.45) is 1.63. The lowest BCUT2D eigenvalue weighted by Gasteiger charge is -2.09. The van der Waals surface area contributed by atoms with Gasteiger partial charge in [0.05, 0.1) is 26.1 Å². The fraction of sp³-hybridized carbons (Fsp3) is 0.143. The Balaban J connectivity index is 1.55. The molecule has 0 unspecified atom stereocenters. The molecule has 2 aromatic carbocycles. The van der Waals surface area contributed by atoms with Crippen LogP contribution in [0.4, 0.5) is 11.4 Å². The summed E-state index contributed by atoms with van der Waals surface area (Å²) in [6.45, 7) is 0.427. The number of pyridine rings is 1. The number of amides is 1. The Morgan fingerprint density at radius 1 is 0.852 bits per heavy atom. The fourth-order valence-corrected chi connectivity index (χ4v) is 2.46. The standard InChI is InChI=1S/C21H21N3O3/c1-26-18-8-3-15(4-9-18)13-23-21(25)20-12-7-17(14-22-20)24-16-5-10-19(27-2)11-6-16/h3-12,14,24H,13H2,1-2H3,(H,23,25). The van der Waals surface area contributed by atoms with Gasteiger partial charge in [-0.2, -0.15) is 0 Å². The first-order valence-corrected chi connectivity index (χ1v) is 8.46. The maximum Gasteiger partial charge on any atom is 0.270 e. The molecule has 3 rings (SSSR count). The second kappa shape index (κ2) is 8.71. The van der Waals surface area contributed by atoms with Crippen molar-refractivity contribution in [1.82, 2.24) is 10.3 Å². The maximum absolute atomic E-state index is 12.2. The van der Waals surface area contributed by atoms with Crippen LogP contribution in [0.25, 0.3) is 0 Å². The summed E-state index contributed by atoms with van der Waals surface area (Å²) in [4.78, 5) is 16.5. The molecular weight excluding hydrogens is 342 g/mol. The number of methoxy groups -OCH3 is 2. The van der Waals surface area contributed by atoms with Crippen LogP contribution in [0.5, 0.6) is 11.5 Å². The van der Waals surface area contributed by atoms with Crippen molar-refractivity contribution in [3.05, 3.63) is 78.1 Å². The van der Waals surface area contributed by atoms with Gasteiger partial charge in [0.25, 0.3) is 5.91 Å². The van der Waals surface area contributed by atoms with E-state index in [0.717, 1.165) is 28.4 Å². The molecule has 0 saturated heterocycles. The van der Waals surface area contributed by atoms with Gasteiger partial charge in [-0.3, -0.25) is 4.79 Å². The normalized spacial score (nSPS) is 10.1. The zero-order valence-electron chi connectivity index (χ0n) is 15.2. The summed E-state index contributed by atoms with van der Waals surface area (Å²) in [5.41, 5.74) is 3.06. The Kier molecular flexibility index (Phi) is 5.89. The van der Waals surface area contributed by atoms with Crippen molar-refractivity contribution < 1.29 is 14.3 Å². The summed E-state index contributed by atoms with van der Waals surface area (Å²) in [7, 11) is 3.25. The van der Waals surface area contributed by atoms with Gasteiger partial charge in [0.1, 0.15) is 17.2 Å². The highest BCUT2D eigenvalue weighted by molar-refractivity contribution is 5.92. The molecule has 3 aromatic rings.